The Hall–Kier alpha value is -2.44. The molecule has 2 N–H and O–H groups in total. The third-order valence-electron chi connectivity index (χ3n) is 2.62. The first kappa shape index (κ1) is 12.0. The van der Waals surface area contributed by atoms with E-state index >= 15 is 0 Å². The molecule has 0 bridgehead atoms. The lowest BCUT2D eigenvalue weighted by Crippen LogP contribution is -2.18. The molecule has 0 aliphatic heterocycles. The monoisotopic (exact) mass is 248 g/mol. The lowest BCUT2D eigenvalue weighted by Gasteiger charge is -2.07. The minimum atomic E-state index is -1.19. The molecule has 0 spiro atoms. The molecule has 7 heteroatoms. The molecule has 0 saturated heterocycles. The molecule has 0 unspecified atom stereocenters. The van der Waals surface area contributed by atoms with E-state index in [0.29, 0.717) is 17.2 Å². The maximum atomic E-state index is 11.7. The number of carbonyl (C=O) groups is 1. The topological polar surface area (TPSA) is 101 Å². The summed E-state index contributed by atoms with van der Waals surface area (Å²) in [5.74, 6) is -0.879. The molecule has 0 aromatic carbocycles. The standard InChI is InChI=1S/C11H12N4O3/c1-5-6(2)13-10(7(3)12-5)15-9(16)4-8(14-15)11(17)18/h4,14H,1-3H3,(H,17,18). The van der Waals surface area contributed by atoms with E-state index in [1.165, 1.54) is 0 Å². The predicted molar refractivity (Wildman–Crippen MR) is 63.2 cm³/mol. The average molecular weight is 248 g/mol. The number of nitrogens with one attached hydrogen (secondary N) is 1. The molecule has 94 valence electrons. The summed E-state index contributed by atoms with van der Waals surface area (Å²) >= 11 is 0. The fraction of sp³-hybridized carbons (Fsp3) is 0.273. The molecule has 7 nitrogen and oxygen atoms in total. The van der Waals surface area contributed by atoms with E-state index in [9.17, 15) is 9.59 Å². The van der Waals surface area contributed by atoms with Crippen LogP contribution in [0.5, 0.6) is 0 Å². The van der Waals surface area contributed by atoms with Gasteiger partial charge in [0.2, 0.25) is 0 Å². The molecule has 0 saturated carbocycles. The molecule has 0 radical (unpaired) electrons. The molecular weight excluding hydrogens is 236 g/mol. The number of hydrogen-bond acceptors (Lipinski definition) is 4. The van der Waals surface area contributed by atoms with E-state index in [2.05, 4.69) is 15.1 Å². The Kier molecular flexibility index (Phi) is 2.74. The minimum absolute atomic E-state index is 0.181. The highest BCUT2D eigenvalue weighted by Gasteiger charge is 2.14. The third kappa shape index (κ3) is 1.90. The van der Waals surface area contributed by atoms with E-state index in [1.54, 1.807) is 13.8 Å². The van der Waals surface area contributed by atoms with Gasteiger partial charge in [-0.15, -0.1) is 0 Å². The number of rotatable bonds is 2. The number of aryl methyl sites for hydroxylation is 3. The summed E-state index contributed by atoms with van der Waals surface area (Å²) in [5, 5.41) is 11.3. The number of carboxylic acid groups (broad SMARTS) is 1. The molecule has 2 aromatic rings. The highest BCUT2D eigenvalue weighted by molar-refractivity contribution is 5.85. The minimum Gasteiger partial charge on any atom is -0.477 e. The molecule has 18 heavy (non-hydrogen) atoms. The first-order chi connectivity index (χ1) is 8.40. The van der Waals surface area contributed by atoms with Gasteiger partial charge >= 0.3 is 5.97 Å². The van der Waals surface area contributed by atoms with Gasteiger partial charge in [0, 0.05) is 6.07 Å². The Morgan fingerprint density at radius 1 is 1.22 bits per heavy atom. The van der Waals surface area contributed by atoms with Crippen molar-refractivity contribution in [3.05, 3.63) is 39.2 Å². The summed E-state index contributed by atoms with van der Waals surface area (Å²) < 4.78 is 1.08. The zero-order chi connectivity index (χ0) is 13.4. The lowest BCUT2D eigenvalue weighted by atomic mass is 10.3. The van der Waals surface area contributed by atoms with E-state index < -0.39 is 11.5 Å². The number of hydrogen-bond donors (Lipinski definition) is 2. The summed E-state index contributed by atoms with van der Waals surface area (Å²) in [7, 11) is 0. The van der Waals surface area contributed by atoms with Crippen molar-refractivity contribution in [3.63, 3.8) is 0 Å². The Bertz CT molecular complexity index is 684. The Morgan fingerprint density at radius 2 is 1.83 bits per heavy atom. The van der Waals surface area contributed by atoms with Gasteiger partial charge in [-0.25, -0.2) is 9.78 Å². The molecule has 2 heterocycles. The quantitative estimate of drug-likeness (QED) is 0.809. The van der Waals surface area contributed by atoms with Crippen LogP contribution in [0.3, 0.4) is 0 Å². The average Bonchev–Trinajstić information content (AvgIpc) is 2.66. The smallest absolute Gasteiger partial charge is 0.353 e. The van der Waals surface area contributed by atoms with Gasteiger partial charge in [-0.1, -0.05) is 0 Å². The first-order valence-corrected chi connectivity index (χ1v) is 5.27. The van der Waals surface area contributed by atoms with E-state index in [1.807, 2.05) is 6.92 Å². The Balaban J connectivity index is 2.66. The van der Waals surface area contributed by atoms with E-state index in [4.69, 9.17) is 5.11 Å². The number of H-pyrrole nitrogens is 1. The van der Waals surface area contributed by atoms with E-state index in [0.717, 1.165) is 16.4 Å². The summed E-state index contributed by atoms with van der Waals surface area (Å²) in [6, 6.07) is 1.01. The van der Waals surface area contributed by atoms with Gasteiger partial charge in [0.25, 0.3) is 5.56 Å². The van der Waals surface area contributed by atoms with Crippen molar-refractivity contribution in [2.45, 2.75) is 20.8 Å². The van der Waals surface area contributed by atoms with Crippen LogP contribution < -0.4 is 5.56 Å². The van der Waals surface area contributed by atoms with Crippen LogP contribution in [0.15, 0.2) is 10.9 Å². The highest BCUT2D eigenvalue weighted by Crippen LogP contribution is 2.09. The van der Waals surface area contributed by atoms with Gasteiger partial charge in [-0.2, -0.15) is 4.68 Å². The molecule has 2 rings (SSSR count). The highest BCUT2D eigenvalue weighted by atomic mass is 16.4. The van der Waals surface area contributed by atoms with Crippen LogP contribution in [0, 0.1) is 20.8 Å². The van der Waals surface area contributed by atoms with Crippen LogP contribution in [-0.4, -0.2) is 30.8 Å². The Labute approximate surface area is 102 Å². The third-order valence-corrected chi connectivity index (χ3v) is 2.62. The number of carboxylic acids is 1. The van der Waals surface area contributed by atoms with Gasteiger partial charge < -0.3 is 5.11 Å². The van der Waals surface area contributed by atoms with Crippen molar-refractivity contribution in [1.82, 2.24) is 19.7 Å². The zero-order valence-electron chi connectivity index (χ0n) is 10.2. The SMILES string of the molecule is Cc1nc(C)c(-n2[nH]c(C(=O)O)cc2=O)nc1C. The predicted octanol–water partition coefficient (Wildman–Crippen LogP) is 0.579. The van der Waals surface area contributed by atoms with Crippen molar-refractivity contribution in [1.29, 1.82) is 0 Å². The van der Waals surface area contributed by atoms with Crippen LogP contribution >= 0.6 is 0 Å². The van der Waals surface area contributed by atoms with E-state index in [-0.39, 0.29) is 5.69 Å². The maximum Gasteiger partial charge on any atom is 0.353 e. The number of nitrogens with zero attached hydrogens (tertiary/aromatic N) is 3. The lowest BCUT2D eigenvalue weighted by molar-refractivity contribution is 0.0690. The molecule has 0 fully saturated rings. The summed E-state index contributed by atoms with van der Waals surface area (Å²) in [4.78, 5) is 31.0. The van der Waals surface area contributed by atoms with Crippen LogP contribution in [0.4, 0.5) is 0 Å². The Morgan fingerprint density at radius 3 is 2.39 bits per heavy atom. The summed E-state index contributed by atoms with van der Waals surface area (Å²) in [6.07, 6.45) is 0. The second-order valence-corrected chi connectivity index (χ2v) is 3.95. The zero-order valence-corrected chi connectivity index (χ0v) is 10.2. The first-order valence-electron chi connectivity index (χ1n) is 5.27. The van der Waals surface area contributed by atoms with Crippen LogP contribution in [0.25, 0.3) is 5.82 Å². The molecule has 0 aliphatic rings. The van der Waals surface area contributed by atoms with Gasteiger partial charge in [0.1, 0.15) is 5.69 Å². The largest absolute Gasteiger partial charge is 0.477 e. The summed E-state index contributed by atoms with van der Waals surface area (Å²) in [5.41, 5.74) is 1.36. The van der Waals surface area contributed by atoms with Crippen molar-refractivity contribution in [3.8, 4) is 5.82 Å². The van der Waals surface area contributed by atoms with Gasteiger partial charge in [0.15, 0.2) is 5.82 Å². The van der Waals surface area contributed by atoms with Crippen molar-refractivity contribution >= 4 is 5.97 Å². The van der Waals surface area contributed by atoms with Crippen LogP contribution in [-0.2, 0) is 0 Å². The number of aromatic nitrogens is 4. The van der Waals surface area contributed by atoms with Gasteiger partial charge in [-0.3, -0.25) is 14.9 Å². The van der Waals surface area contributed by atoms with Gasteiger partial charge in [0.05, 0.1) is 17.1 Å². The van der Waals surface area contributed by atoms with Crippen molar-refractivity contribution in [2.75, 3.05) is 0 Å². The van der Waals surface area contributed by atoms with Crippen molar-refractivity contribution < 1.29 is 9.90 Å². The molecule has 0 amide bonds. The summed E-state index contributed by atoms with van der Waals surface area (Å²) in [6.45, 7) is 5.30. The molecule has 0 atom stereocenters. The normalized spacial score (nSPS) is 10.6. The van der Waals surface area contributed by atoms with Gasteiger partial charge in [-0.05, 0) is 20.8 Å². The molecule has 0 aliphatic carbocycles. The molecular formula is C11H12N4O3. The maximum absolute atomic E-state index is 11.7. The van der Waals surface area contributed by atoms with Crippen LogP contribution in [0.1, 0.15) is 27.6 Å². The van der Waals surface area contributed by atoms with Crippen molar-refractivity contribution in [2.24, 2.45) is 0 Å². The second kappa shape index (κ2) is 4.10. The fourth-order valence-electron chi connectivity index (χ4n) is 1.58. The fourth-order valence-corrected chi connectivity index (χ4v) is 1.58. The number of aromatic amines is 1. The number of aromatic carboxylic acids is 1. The van der Waals surface area contributed by atoms with Crippen LogP contribution in [0.2, 0.25) is 0 Å². The molecule has 2 aromatic heterocycles. The second-order valence-electron chi connectivity index (χ2n) is 3.95.